The van der Waals surface area contributed by atoms with E-state index < -0.39 is 0 Å². The smallest absolute Gasteiger partial charge is 0.281 e. The Morgan fingerprint density at radius 2 is 1.80 bits per heavy atom. The van der Waals surface area contributed by atoms with Crippen molar-refractivity contribution in [3.05, 3.63) is 70.7 Å². The molecule has 0 bridgehead atoms. The zero-order valence-electron chi connectivity index (χ0n) is 13.7. The molecule has 3 rings (SSSR count). The van der Waals surface area contributed by atoms with Gasteiger partial charge in [-0.15, -0.1) is 0 Å². The highest BCUT2D eigenvalue weighted by Crippen LogP contribution is 2.24. The molecule has 1 unspecified atom stereocenters. The second-order valence-corrected chi connectivity index (χ2v) is 7.30. The number of carbonyl (C=O) groups is 2. The molecule has 1 saturated heterocycles. The number of hydrogen-bond acceptors (Lipinski definition) is 3. The summed E-state index contributed by atoms with van der Waals surface area (Å²) in [6.45, 7) is 1.18. The summed E-state index contributed by atoms with van der Waals surface area (Å²) >= 11 is 7.29. The largest absolute Gasteiger partial charge is 0.345 e. The van der Waals surface area contributed by atoms with Crippen molar-refractivity contribution in [2.45, 2.75) is 12.5 Å². The fourth-order valence-electron chi connectivity index (χ4n) is 2.76. The van der Waals surface area contributed by atoms with Gasteiger partial charge in [0.25, 0.3) is 5.24 Å². The van der Waals surface area contributed by atoms with Crippen molar-refractivity contribution >= 4 is 34.5 Å². The molecular weight excluding hydrogens is 356 g/mol. The number of carbonyl (C=O) groups excluding carboxylic acids is 2. The first-order chi connectivity index (χ1) is 12.1. The average molecular weight is 375 g/mol. The summed E-state index contributed by atoms with van der Waals surface area (Å²) in [6, 6.07) is 17.0. The van der Waals surface area contributed by atoms with Gasteiger partial charge in [0.05, 0.1) is 6.04 Å². The summed E-state index contributed by atoms with van der Waals surface area (Å²) < 4.78 is 0. The lowest BCUT2D eigenvalue weighted by Crippen LogP contribution is -2.33. The van der Waals surface area contributed by atoms with Crippen LogP contribution in [0.3, 0.4) is 0 Å². The number of amides is 2. The Kier molecular flexibility index (Phi) is 6.00. The third kappa shape index (κ3) is 4.77. The van der Waals surface area contributed by atoms with E-state index >= 15 is 0 Å². The van der Waals surface area contributed by atoms with Crippen LogP contribution < -0.4 is 5.32 Å². The highest BCUT2D eigenvalue weighted by atomic mass is 35.5. The molecular formula is C19H19ClN2O2S. The van der Waals surface area contributed by atoms with Crippen LogP contribution in [0.25, 0.3) is 0 Å². The quantitative estimate of drug-likeness (QED) is 0.827. The summed E-state index contributed by atoms with van der Waals surface area (Å²) in [7, 11) is 0. The predicted molar refractivity (Wildman–Crippen MR) is 102 cm³/mol. The number of halogens is 1. The van der Waals surface area contributed by atoms with Gasteiger partial charge in [-0.3, -0.25) is 9.59 Å². The minimum absolute atomic E-state index is 0.0603. The zero-order chi connectivity index (χ0) is 17.6. The van der Waals surface area contributed by atoms with Gasteiger partial charge in [-0.2, -0.15) is 0 Å². The van der Waals surface area contributed by atoms with Gasteiger partial charge in [-0.05, 0) is 23.3 Å². The van der Waals surface area contributed by atoms with Crippen molar-refractivity contribution in [2.24, 2.45) is 0 Å². The molecule has 0 saturated carbocycles. The summed E-state index contributed by atoms with van der Waals surface area (Å²) in [5.41, 5.74) is 1.97. The second kappa shape index (κ2) is 8.41. The molecule has 2 amide bonds. The Morgan fingerprint density at radius 1 is 1.12 bits per heavy atom. The monoisotopic (exact) mass is 374 g/mol. The van der Waals surface area contributed by atoms with Crippen molar-refractivity contribution in [3.63, 3.8) is 0 Å². The first-order valence-electron chi connectivity index (χ1n) is 8.15. The average Bonchev–Trinajstić information content (AvgIpc) is 3.04. The van der Waals surface area contributed by atoms with Crippen molar-refractivity contribution < 1.29 is 9.59 Å². The molecule has 1 aliphatic heterocycles. The van der Waals surface area contributed by atoms with E-state index in [1.807, 2.05) is 54.6 Å². The number of nitrogens with one attached hydrogen (secondary N) is 1. The first-order valence-corrected chi connectivity index (χ1v) is 9.51. The van der Waals surface area contributed by atoms with Gasteiger partial charge in [0.15, 0.2) is 0 Å². The fourth-order valence-corrected chi connectivity index (χ4v) is 3.74. The van der Waals surface area contributed by atoms with Gasteiger partial charge in [0, 0.05) is 30.3 Å². The van der Waals surface area contributed by atoms with Crippen molar-refractivity contribution in [3.8, 4) is 0 Å². The van der Waals surface area contributed by atoms with Crippen LogP contribution in [0.2, 0.25) is 5.02 Å². The van der Waals surface area contributed by atoms with Crippen molar-refractivity contribution in [2.75, 3.05) is 18.8 Å². The molecule has 0 radical (unpaired) electrons. The van der Waals surface area contributed by atoms with E-state index in [9.17, 15) is 9.59 Å². The van der Waals surface area contributed by atoms with Crippen LogP contribution in [-0.2, 0) is 4.79 Å². The normalized spacial score (nSPS) is 15.2. The van der Waals surface area contributed by atoms with Crippen LogP contribution in [0.5, 0.6) is 0 Å². The maximum Gasteiger partial charge on any atom is 0.281 e. The molecule has 25 heavy (non-hydrogen) atoms. The van der Waals surface area contributed by atoms with E-state index in [0.717, 1.165) is 23.4 Å². The van der Waals surface area contributed by atoms with E-state index in [1.54, 1.807) is 4.90 Å². The molecule has 2 aromatic rings. The van der Waals surface area contributed by atoms with E-state index in [-0.39, 0.29) is 17.2 Å². The standard InChI is InChI=1S/C19H19ClN2O2S/c20-16-8-6-15(7-9-16)18(14-4-2-1-3-5-14)21-17(23)10-11-22-12-13-25-19(22)24/h1-9,18H,10-13H2,(H,21,23). The third-order valence-electron chi connectivity index (χ3n) is 4.10. The van der Waals surface area contributed by atoms with Crippen molar-refractivity contribution in [1.29, 1.82) is 0 Å². The molecule has 1 fully saturated rings. The SMILES string of the molecule is O=C(CCN1CCSC1=O)NC(c1ccccc1)c1ccc(Cl)cc1. The van der Waals surface area contributed by atoms with Crippen molar-refractivity contribution in [1.82, 2.24) is 10.2 Å². The van der Waals surface area contributed by atoms with E-state index in [4.69, 9.17) is 11.6 Å². The van der Waals surface area contributed by atoms with Crippen LogP contribution in [0, 0.1) is 0 Å². The lowest BCUT2D eigenvalue weighted by molar-refractivity contribution is -0.121. The van der Waals surface area contributed by atoms with Gasteiger partial charge in [-0.1, -0.05) is 65.8 Å². The molecule has 4 nitrogen and oxygen atoms in total. The van der Waals surface area contributed by atoms with Gasteiger partial charge < -0.3 is 10.2 Å². The molecule has 6 heteroatoms. The highest BCUT2D eigenvalue weighted by Gasteiger charge is 2.22. The summed E-state index contributed by atoms with van der Waals surface area (Å²) in [6.07, 6.45) is 0.295. The van der Waals surface area contributed by atoms with Crippen LogP contribution >= 0.6 is 23.4 Å². The number of rotatable bonds is 6. The van der Waals surface area contributed by atoms with Crippen LogP contribution in [0.15, 0.2) is 54.6 Å². The Labute approximate surface area is 156 Å². The number of thioether (sulfide) groups is 1. The Hall–Kier alpha value is -1.98. The number of benzene rings is 2. The Balaban J connectivity index is 1.70. The Morgan fingerprint density at radius 3 is 2.44 bits per heavy atom. The topological polar surface area (TPSA) is 49.4 Å². The number of nitrogens with zero attached hydrogens (tertiary/aromatic N) is 1. The minimum atomic E-state index is -0.241. The molecule has 0 aliphatic carbocycles. The molecule has 2 aromatic carbocycles. The zero-order valence-corrected chi connectivity index (χ0v) is 15.2. The Bertz CT molecular complexity index is 737. The van der Waals surface area contributed by atoms with Gasteiger partial charge >= 0.3 is 0 Å². The maximum atomic E-state index is 12.4. The fraction of sp³-hybridized carbons (Fsp3) is 0.263. The molecule has 1 atom stereocenters. The minimum Gasteiger partial charge on any atom is -0.345 e. The molecule has 1 heterocycles. The van der Waals surface area contributed by atoms with E-state index in [1.165, 1.54) is 11.8 Å². The lowest BCUT2D eigenvalue weighted by Gasteiger charge is -2.21. The second-order valence-electron chi connectivity index (χ2n) is 5.81. The molecule has 1 aliphatic rings. The summed E-state index contributed by atoms with van der Waals surface area (Å²) in [5, 5.41) is 3.80. The third-order valence-corrected chi connectivity index (χ3v) is 5.24. The first kappa shape index (κ1) is 17.8. The van der Waals surface area contributed by atoms with E-state index in [2.05, 4.69) is 5.32 Å². The van der Waals surface area contributed by atoms with Crippen LogP contribution in [-0.4, -0.2) is 34.9 Å². The number of hydrogen-bond donors (Lipinski definition) is 1. The van der Waals surface area contributed by atoms with Crippen LogP contribution in [0.1, 0.15) is 23.6 Å². The lowest BCUT2D eigenvalue weighted by atomic mass is 9.98. The van der Waals surface area contributed by atoms with Crippen LogP contribution in [0.4, 0.5) is 4.79 Å². The molecule has 130 valence electrons. The maximum absolute atomic E-state index is 12.4. The predicted octanol–water partition coefficient (Wildman–Crippen LogP) is 4.10. The van der Waals surface area contributed by atoms with E-state index in [0.29, 0.717) is 18.0 Å². The summed E-state index contributed by atoms with van der Waals surface area (Å²) in [4.78, 5) is 25.8. The highest BCUT2D eigenvalue weighted by molar-refractivity contribution is 8.13. The van der Waals surface area contributed by atoms with Gasteiger partial charge in [0.2, 0.25) is 5.91 Å². The summed E-state index contributed by atoms with van der Waals surface area (Å²) in [5.74, 6) is 0.728. The van der Waals surface area contributed by atoms with Gasteiger partial charge in [0.1, 0.15) is 0 Å². The molecule has 1 N–H and O–H groups in total. The molecule has 0 aromatic heterocycles. The molecule has 0 spiro atoms. The van der Waals surface area contributed by atoms with Gasteiger partial charge in [-0.25, -0.2) is 0 Å².